The molecule has 1 fully saturated rings. The molecule has 5 heteroatoms. The highest BCUT2D eigenvalue weighted by atomic mass is 16.5. The van der Waals surface area contributed by atoms with Crippen LogP contribution >= 0.6 is 0 Å². The van der Waals surface area contributed by atoms with E-state index in [-0.39, 0.29) is 11.3 Å². The van der Waals surface area contributed by atoms with Gasteiger partial charge in [-0.15, -0.1) is 0 Å². The predicted octanol–water partition coefficient (Wildman–Crippen LogP) is 4.76. The molecule has 2 aliphatic rings. The molecule has 2 aromatic carbocycles. The zero-order chi connectivity index (χ0) is 20.6. The number of rotatable bonds is 0. The van der Waals surface area contributed by atoms with Crippen LogP contribution in [0.4, 0.5) is 5.69 Å². The van der Waals surface area contributed by atoms with Gasteiger partial charge >= 0.3 is 0 Å². The van der Waals surface area contributed by atoms with Gasteiger partial charge in [0.05, 0.1) is 5.56 Å². The van der Waals surface area contributed by atoms with Crippen molar-refractivity contribution in [2.24, 2.45) is 10.4 Å². The largest absolute Gasteiger partial charge is 0.454 e. The second-order valence-corrected chi connectivity index (χ2v) is 8.89. The standard InChI is InChI=1S/C24H29N3O2/c1-17-10-11-19-21(16-17)29-20-9-6-5-8-18(20)22(25-19)26-12-7-13-27(15-14-26)23(28)24(2,3)4/h5-6,8-11,16H,7,12-15H2,1-4H3. The molecule has 2 aliphatic heterocycles. The Morgan fingerprint density at radius 3 is 2.59 bits per heavy atom. The molecule has 0 N–H and O–H groups in total. The number of nitrogens with zero attached hydrogens (tertiary/aromatic N) is 3. The van der Waals surface area contributed by atoms with Gasteiger partial charge in [-0.25, -0.2) is 4.99 Å². The van der Waals surface area contributed by atoms with Gasteiger partial charge in [0.1, 0.15) is 17.3 Å². The number of aryl methyl sites for hydroxylation is 1. The molecule has 29 heavy (non-hydrogen) atoms. The summed E-state index contributed by atoms with van der Waals surface area (Å²) >= 11 is 0. The Morgan fingerprint density at radius 1 is 1.00 bits per heavy atom. The number of carbonyl (C=O) groups excluding carboxylic acids is 1. The fraction of sp³-hybridized carbons (Fsp3) is 0.417. The van der Waals surface area contributed by atoms with Crippen LogP contribution in [0.2, 0.25) is 0 Å². The Labute approximate surface area is 173 Å². The number of aliphatic imine (C=N–C) groups is 1. The molecule has 2 heterocycles. The van der Waals surface area contributed by atoms with Crippen LogP contribution in [0.15, 0.2) is 47.5 Å². The molecule has 0 unspecified atom stereocenters. The van der Waals surface area contributed by atoms with Gasteiger partial charge in [0.25, 0.3) is 0 Å². The van der Waals surface area contributed by atoms with E-state index < -0.39 is 0 Å². The van der Waals surface area contributed by atoms with E-state index in [4.69, 9.17) is 9.73 Å². The number of benzene rings is 2. The summed E-state index contributed by atoms with van der Waals surface area (Å²) in [5.74, 6) is 2.74. The van der Waals surface area contributed by atoms with Crippen molar-refractivity contribution in [2.75, 3.05) is 26.2 Å². The van der Waals surface area contributed by atoms with Gasteiger partial charge in [-0.1, -0.05) is 39.0 Å². The summed E-state index contributed by atoms with van der Waals surface area (Å²) in [5.41, 5.74) is 2.63. The quantitative estimate of drug-likeness (QED) is 0.650. The maximum absolute atomic E-state index is 12.8. The molecule has 4 rings (SSSR count). The van der Waals surface area contributed by atoms with Crippen molar-refractivity contribution in [3.63, 3.8) is 0 Å². The van der Waals surface area contributed by atoms with Crippen molar-refractivity contribution in [3.05, 3.63) is 53.6 Å². The molecule has 152 valence electrons. The summed E-state index contributed by atoms with van der Waals surface area (Å²) < 4.78 is 6.23. The Hall–Kier alpha value is -2.82. The minimum atomic E-state index is -0.355. The summed E-state index contributed by atoms with van der Waals surface area (Å²) in [5, 5.41) is 0. The Morgan fingerprint density at radius 2 is 1.79 bits per heavy atom. The minimum absolute atomic E-state index is 0.215. The number of amides is 1. The zero-order valence-corrected chi connectivity index (χ0v) is 17.7. The number of ether oxygens (including phenoxy) is 1. The molecule has 0 aliphatic carbocycles. The van der Waals surface area contributed by atoms with Gasteiger partial charge in [0.15, 0.2) is 5.75 Å². The van der Waals surface area contributed by atoms with Gasteiger partial charge in [-0.05, 0) is 43.2 Å². The molecule has 0 bridgehead atoms. The molecule has 0 aromatic heterocycles. The maximum atomic E-state index is 12.8. The SMILES string of the molecule is Cc1ccc2c(c1)Oc1ccccc1C(N1CCCN(C(=O)C(C)(C)C)CC1)=N2. The third-order valence-corrected chi connectivity index (χ3v) is 5.41. The average Bonchev–Trinajstić information content (AvgIpc) is 3.01. The van der Waals surface area contributed by atoms with E-state index in [1.807, 2.05) is 56.0 Å². The average molecular weight is 392 g/mol. The number of amidine groups is 1. The fourth-order valence-corrected chi connectivity index (χ4v) is 3.88. The van der Waals surface area contributed by atoms with E-state index in [0.717, 1.165) is 60.2 Å². The summed E-state index contributed by atoms with van der Waals surface area (Å²) in [4.78, 5) is 22.1. The summed E-state index contributed by atoms with van der Waals surface area (Å²) in [7, 11) is 0. The van der Waals surface area contributed by atoms with Crippen molar-refractivity contribution >= 4 is 17.4 Å². The molecule has 1 amide bonds. The first-order valence-electron chi connectivity index (χ1n) is 10.3. The van der Waals surface area contributed by atoms with Gasteiger partial charge in [0.2, 0.25) is 5.91 Å². The maximum Gasteiger partial charge on any atom is 0.228 e. The van der Waals surface area contributed by atoms with Crippen molar-refractivity contribution in [3.8, 4) is 11.5 Å². The molecular formula is C24H29N3O2. The smallest absolute Gasteiger partial charge is 0.228 e. The van der Waals surface area contributed by atoms with E-state index >= 15 is 0 Å². The van der Waals surface area contributed by atoms with Crippen molar-refractivity contribution < 1.29 is 9.53 Å². The fourth-order valence-electron chi connectivity index (χ4n) is 3.88. The van der Waals surface area contributed by atoms with Crippen LogP contribution in [0.25, 0.3) is 0 Å². The summed E-state index contributed by atoms with van der Waals surface area (Å²) in [6.07, 6.45) is 0.921. The molecule has 0 saturated carbocycles. The van der Waals surface area contributed by atoms with Crippen molar-refractivity contribution in [1.82, 2.24) is 9.80 Å². The number of para-hydroxylation sites is 1. The molecule has 2 aromatic rings. The summed E-state index contributed by atoms with van der Waals surface area (Å²) in [6, 6.07) is 14.2. The van der Waals surface area contributed by atoms with Crippen LogP contribution in [-0.4, -0.2) is 47.7 Å². The van der Waals surface area contributed by atoms with Gasteiger partial charge in [0, 0.05) is 31.6 Å². The van der Waals surface area contributed by atoms with Crippen LogP contribution in [0.3, 0.4) is 0 Å². The lowest BCUT2D eigenvalue weighted by Gasteiger charge is -2.29. The van der Waals surface area contributed by atoms with Crippen LogP contribution < -0.4 is 4.74 Å². The van der Waals surface area contributed by atoms with Gasteiger partial charge in [-0.3, -0.25) is 4.79 Å². The summed E-state index contributed by atoms with van der Waals surface area (Å²) in [6.45, 7) is 11.1. The van der Waals surface area contributed by atoms with E-state index in [2.05, 4.69) is 24.0 Å². The molecule has 5 nitrogen and oxygen atoms in total. The number of hydrogen-bond acceptors (Lipinski definition) is 4. The van der Waals surface area contributed by atoms with E-state index in [0.29, 0.717) is 6.54 Å². The van der Waals surface area contributed by atoms with Crippen LogP contribution in [0.5, 0.6) is 11.5 Å². The predicted molar refractivity (Wildman–Crippen MR) is 116 cm³/mol. The monoisotopic (exact) mass is 391 g/mol. The number of hydrogen-bond donors (Lipinski definition) is 0. The molecule has 0 radical (unpaired) electrons. The Balaban J connectivity index is 1.68. The van der Waals surface area contributed by atoms with Gasteiger partial charge in [-0.2, -0.15) is 0 Å². The first kappa shape index (κ1) is 19.5. The van der Waals surface area contributed by atoms with E-state index in [1.54, 1.807) is 0 Å². The minimum Gasteiger partial charge on any atom is -0.454 e. The van der Waals surface area contributed by atoms with Crippen molar-refractivity contribution in [2.45, 2.75) is 34.1 Å². The van der Waals surface area contributed by atoms with Crippen LogP contribution in [-0.2, 0) is 4.79 Å². The Kier molecular flexibility index (Phi) is 5.07. The van der Waals surface area contributed by atoms with Gasteiger partial charge < -0.3 is 14.5 Å². The molecule has 0 atom stereocenters. The Bertz CT molecular complexity index is 959. The lowest BCUT2D eigenvalue weighted by molar-refractivity contribution is -0.139. The zero-order valence-electron chi connectivity index (χ0n) is 17.7. The highest BCUT2D eigenvalue weighted by Gasteiger charge is 2.30. The number of fused-ring (bicyclic) bond motifs is 2. The van der Waals surface area contributed by atoms with Crippen molar-refractivity contribution in [1.29, 1.82) is 0 Å². The normalized spacial score (nSPS) is 16.8. The third kappa shape index (κ3) is 4.00. The van der Waals surface area contributed by atoms with Crippen LogP contribution in [0, 0.1) is 12.3 Å². The lowest BCUT2D eigenvalue weighted by Crippen LogP contribution is -2.42. The highest BCUT2D eigenvalue weighted by molar-refractivity contribution is 6.03. The third-order valence-electron chi connectivity index (χ3n) is 5.41. The van der Waals surface area contributed by atoms with E-state index in [9.17, 15) is 4.79 Å². The second kappa shape index (κ2) is 7.54. The van der Waals surface area contributed by atoms with E-state index in [1.165, 1.54) is 0 Å². The lowest BCUT2D eigenvalue weighted by atomic mass is 9.94. The highest BCUT2D eigenvalue weighted by Crippen LogP contribution is 2.38. The first-order valence-corrected chi connectivity index (χ1v) is 10.3. The topological polar surface area (TPSA) is 45.1 Å². The first-order chi connectivity index (χ1) is 13.8. The molecule has 1 saturated heterocycles. The molecule has 0 spiro atoms. The second-order valence-electron chi connectivity index (χ2n) is 8.89. The number of carbonyl (C=O) groups is 1. The van der Waals surface area contributed by atoms with Crippen LogP contribution in [0.1, 0.15) is 38.3 Å². The molecular weight excluding hydrogens is 362 g/mol.